The second-order valence-corrected chi connectivity index (χ2v) is 6.49. The number of rotatable bonds is 3. The van der Waals surface area contributed by atoms with Gasteiger partial charge < -0.3 is 14.5 Å². The molecule has 4 rings (SSSR count). The molecule has 128 valence electrons. The third-order valence-electron chi connectivity index (χ3n) is 4.99. The normalized spacial score (nSPS) is 20.5. The van der Waals surface area contributed by atoms with E-state index < -0.39 is 0 Å². The summed E-state index contributed by atoms with van der Waals surface area (Å²) < 4.78 is 5.48. The van der Waals surface area contributed by atoms with Crippen LogP contribution >= 0.6 is 0 Å². The van der Waals surface area contributed by atoms with Crippen LogP contribution in [0.5, 0.6) is 0 Å². The first-order valence-corrected chi connectivity index (χ1v) is 8.73. The van der Waals surface area contributed by atoms with Crippen molar-refractivity contribution in [3.63, 3.8) is 0 Å². The first-order valence-electron chi connectivity index (χ1n) is 8.73. The Bertz CT molecular complexity index is 756. The molecule has 2 aromatic rings. The van der Waals surface area contributed by atoms with Crippen LogP contribution in [0.2, 0.25) is 0 Å². The lowest BCUT2D eigenvalue weighted by Gasteiger charge is -2.36. The highest BCUT2D eigenvalue weighted by molar-refractivity contribution is 5.52. The van der Waals surface area contributed by atoms with E-state index >= 15 is 0 Å². The Balaban J connectivity index is 1.41. The van der Waals surface area contributed by atoms with E-state index in [-0.39, 0.29) is 0 Å². The van der Waals surface area contributed by atoms with Crippen molar-refractivity contribution >= 4 is 11.5 Å². The zero-order valence-corrected chi connectivity index (χ0v) is 14.1. The Kier molecular flexibility index (Phi) is 4.49. The quantitative estimate of drug-likeness (QED) is 0.856. The molecule has 0 spiro atoms. The molecule has 1 atom stereocenters. The average molecular weight is 335 g/mol. The number of hydrogen-bond donors (Lipinski definition) is 0. The minimum atomic E-state index is 0.404. The maximum Gasteiger partial charge on any atom is 0.132 e. The van der Waals surface area contributed by atoms with Gasteiger partial charge in [-0.3, -0.25) is 0 Å². The molecule has 2 aliphatic heterocycles. The minimum absolute atomic E-state index is 0.404. The number of ether oxygens (including phenoxy) is 1. The molecule has 2 aliphatic rings. The Morgan fingerprint density at radius 2 is 1.80 bits per heavy atom. The monoisotopic (exact) mass is 335 g/mol. The minimum Gasteiger partial charge on any atom is -0.381 e. The second kappa shape index (κ2) is 7.08. The van der Waals surface area contributed by atoms with Crippen LogP contribution in [0.4, 0.5) is 11.5 Å². The summed E-state index contributed by atoms with van der Waals surface area (Å²) in [5, 5.41) is 8.91. The topological polar surface area (TPSA) is 65.3 Å². The van der Waals surface area contributed by atoms with E-state index in [1.54, 1.807) is 6.33 Å². The maximum absolute atomic E-state index is 8.91. The van der Waals surface area contributed by atoms with Gasteiger partial charge in [0.1, 0.15) is 12.1 Å². The SMILES string of the molecule is N#Cc1ccc(N2CCN(c3cc(C4CCOC4)ncn3)CC2)cc1. The van der Waals surface area contributed by atoms with Crippen LogP contribution in [0.3, 0.4) is 0 Å². The van der Waals surface area contributed by atoms with Gasteiger partial charge in [0, 0.05) is 50.5 Å². The van der Waals surface area contributed by atoms with Gasteiger partial charge in [0.25, 0.3) is 0 Å². The van der Waals surface area contributed by atoms with E-state index in [0.717, 1.165) is 57.3 Å². The van der Waals surface area contributed by atoms with Gasteiger partial charge in [0.05, 0.1) is 23.9 Å². The first kappa shape index (κ1) is 15.9. The van der Waals surface area contributed by atoms with E-state index in [4.69, 9.17) is 10.00 Å². The maximum atomic E-state index is 8.91. The third-order valence-corrected chi connectivity index (χ3v) is 4.99. The number of anilines is 2. The summed E-state index contributed by atoms with van der Waals surface area (Å²) >= 11 is 0. The van der Waals surface area contributed by atoms with Gasteiger partial charge in [-0.05, 0) is 30.7 Å². The van der Waals surface area contributed by atoms with Gasteiger partial charge in [0.2, 0.25) is 0 Å². The highest BCUT2D eigenvalue weighted by Crippen LogP contribution is 2.26. The number of hydrogen-bond acceptors (Lipinski definition) is 6. The molecule has 2 saturated heterocycles. The van der Waals surface area contributed by atoms with E-state index in [9.17, 15) is 0 Å². The van der Waals surface area contributed by atoms with Gasteiger partial charge in [-0.2, -0.15) is 5.26 Å². The number of nitrogens with zero attached hydrogens (tertiary/aromatic N) is 5. The van der Waals surface area contributed by atoms with Crippen LogP contribution in [0.25, 0.3) is 0 Å². The molecule has 1 aromatic heterocycles. The van der Waals surface area contributed by atoms with Crippen molar-refractivity contribution < 1.29 is 4.74 Å². The highest BCUT2D eigenvalue weighted by Gasteiger charge is 2.22. The largest absolute Gasteiger partial charge is 0.381 e. The fourth-order valence-corrected chi connectivity index (χ4v) is 3.47. The number of benzene rings is 1. The van der Waals surface area contributed by atoms with Crippen LogP contribution in [0.15, 0.2) is 36.7 Å². The predicted molar refractivity (Wildman–Crippen MR) is 95.8 cm³/mol. The van der Waals surface area contributed by atoms with Crippen LogP contribution in [-0.2, 0) is 4.74 Å². The Morgan fingerprint density at radius 3 is 2.48 bits per heavy atom. The van der Waals surface area contributed by atoms with Gasteiger partial charge >= 0.3 is 0 Å². The molecule has 0 N–H and O–H groups in total. The summed E-state index contributed by atoms with van der Waals surface area (Å²) in [6, 6.07) is 12.1. The molecule has 3 heterocycles. The van der Waals surface area contributed by atoms with E-state index in [2.05, 4.69) is 31.9 Å². The number of piperazine rings is 1. The average Bonchev–Trinajstić information content (AvgIpc) is 3.23. The smallest absolute Gasteiger partial charge is 0.132 e. The van der Waals surface area contributed by atoms with Crippen molar-refractivity contribution in [2.75, 3.05) is 49.2 Å². The zero-order valence-electron chi connectivity index (χ0n) is 14.1. The molecule has 1 aromatic carbocycles. The standard InChI is InChI=1S/C19H21N5O/c20-12-15-1-3-17(4-2-15)23-6-8-24(9-7-23)19-11-18(21-14-22-19)16-5-10-25-13-16/h1-4,11,14,16H,5-10,13H2. The van der Waals surface area contributed by atoms with Crippen molar-refractivity contribution in [2.45, 2.75) is 12.3 Å². The first-order chi connectivity index (χ1) is 12.3. The summed E-state index contributed by atoms with van der Waals surface area (Å²) in [5.74, 6) is 1.41. The molecule has 2 fully saturated rings. The molecule has 0 bridgehead atoms. The molecule has 0 saturated carbocycles. The summed E-state index contributed by atoms with van der Waals surface area (Å²) in [5.41, 5.74) is 2.97. The molecular weight excluding hydrogens is 314 g/mol. The van der Waals surface area contributed by atoms with Crippen molar-refractivity contribution in [1.29, 1.82) is 5.26 Å². The Morgan fingerprint density at radius 1 is 1.04 bits per heavy atom. The Labute approximate surface area is 147 Å². The predicted octanol–water partition coefficient (Wildman–Crippen LogP) is 2.18. The molecule has 25 heavy (non-hydrogen) atoms. The summed E-state index contributed by atoms with van der Waals surface area (Å²) in [4.78, 5) is 13.6. The van der Waals surface area contributed by atoms with Crippen molar-refractivity contribution in [1.82, 2.24) is 9.97 Å². The third kappa shape index (κ3) is 3.42. The molecule has 0 aliphatic carbocycles. The van der Waals surface area contributed by atoms with E-state index in [0.29, 0.717) is 11.5 Å². The molecule has 1 unspecified atom stereocenters. The summed E-state index contributed by atoms with van der Waals surface area (Å²) in [7, 11) is 0. The lowest BCUT2D eigenvalue weighted by Crippen LogP contribution is -2.46. The number of nitriles is 1. The van der Waals surface area contributed by atoms with Crippen LogP contribution in [-0.4, -0.2) is 49.4 Å². The fraction of sp³-hybridized carbons (Fsp3) is 0.421. The van der Waals surface area contributed by atoms with Crippen molar-refractivity contribution in [2.24, 2.45) is 0 Å². The zero-order chi connectivity index (χ0) is 17.1. The summed E-state index contributed by atoms with van der Waals surface area (Å²) in [6.45, 7) is 5.33. The molecule has 0 radical (unpaired) electrons. The lowest BCUT2D eigenvalue weighted by atomic mass is 10.0. The van der Waals surface area contributed by atoms with E-state index in [1.807, 2.05) is 24.3 Å². The second-order valence-electron chi connectivity index (χ2n) is 6.49. The number of aromatic nitrogens is 2. The Hall–Kier alpha value is -2.65. The van der Waals surface area contributed by atoms with Gasteiger partial charge in [-0.25, -0.2) is 9.97 Å². The van der Waals surface area contributed by atoms with Crippen LogP contribution in [0, 0.1) is 11.3 Å². The summed E-state index contributed by atoms with van der Waals surface area (Å²) in [6.07, 6.45) is 2.72. The van der Waals surface area contributed by atoms with Crippen molar-refractivity contribution in [3.8, 4) is 6.07 Å². The van der Waals surface area contributed by atoms with Crippen LogP contribution in [0.1, 0.15) is 23.6 Å². The molecule has 6 heteroatoms. The van der Waals surface area contributed by atoms with Crippen molar-refractivity contribution in [3.05, 3.63) is 47.9 Å². The van der Waals surface area contributed by atoms with Gasteiger partial charge in [-0.1, -0.05) is 0 Å². The molecule has 0 amide bonds. The molecular formula is C19H21N5O. The van der Waals surface area contributed by atoms with E-state index in [1.165, 1.54) is 5.69 Å². The van der Waals surface area contributed by atoms with Crippen LogP contribution < -0.4 is 9.80 Å². The fourth-order valence-electron chi connectivity index (χ4n) is 3.47. The van der Waals surface area contributed by atoms with Gasteiger partial charge in [0.15, 0.2) is 0 Å². The molecule has 6 nitrogen and oxygen atoms in total. The highest BCUT2D eigenvalue weighted by atomic mass is 16.5. The van der Waals surface area contributed by atoms with Gasteiger partial charge in [-0.15, -0.1) is 0 Å². The lowest BCUT2D eigenvalue weighted by molar-refractivity contribution is 0.193.